The summed E-state index contributed by atoms with van der Waals surface area (Å²) in [6, 6.07) is 19.4. The molecular formula is C23H21ClN2O5S. The molecular weight excluding hydrogens is 452 g/mol. The van der Waals surface area contributed by atoms with E-state index in [4.69, 9.17) is 21.1 Å². The van der Waals surface area contributed by atoms with Gasteiger partial charge in [0.1, 0.15) is 0 Å². The van der Waals surface area contributed by atoms with Gasteiger partial charge >= 0.3 is 0 Å². The topological polar surface area (TPSA) is 93.7 Å². The number of benzene rings is 3. The van der Waals surface area contributed by atoms with E-state index in [9.17, 15) is 13.2 Å². The minimum absolute atomic E-state index is 0.0851. The smallest absolute Gasteiger partial charge is 0.241 e. The van der Waals surface area contributed by atoms with Crippen molar-refractivity contribution in [3.63, 3.8) is 0 Å². The number of nitrogens with one attached hydrogen (secondary N) is 2. The quantitative estimate of drug-likeness (QED) is 0.520. The van der Waals surface area contributed by atoms with E-state index in [1.807, 2.05) is 6.07 Å². The lowest BCUT2D eigenvalue weighted by Crippen LogP contribution is -2.33. The Morgan fingerprint density at radius 3 is 2.44 bits per heavy atom. The van der Waals surface area contributed by atoms with Crippen LogP contribution in [0.25, 0.3) is 0 Å². The first kappa shape index (κ1) is 22.1. The number of rotatable bonds is 8. The van der Waals surface area contributed by atoms with Gasteiger partial charge in [-0.25, -0.2) is 13.1 Å². The van der Waals surface area contributed by atoms with Crippen LogP contribution < -0.4 is 19.5 Å². The molecule has 166 valence electrons. The van der Waals surface area contributed by atoms with E-state index in [1.54, 1.807) is 54.6 Å². The van der Waals surface area contributed by atoms with Gasteiger partial charge < -0.3 is 14.8 Å². The van der Waals surface area contributed by atoms with Crippen LogP contribution in [-0.4, -0.2) is 21.1 Å². The van der Waals surface area contributed by atoms with Gasteiger partial charge in [0.05, 0.1) is 10.9 Å². The number of carbonyl (C=O) groups is 1. The van der Waals surface area contributed by atoms with Crippen LogP contribution in [0.1, 0.15) is 23.6 Å². The Balaban J connectivity index is 1.47. The van der Waals surface area contributed by atoms with Gasteiger partial charge in [-0.05, 0) is 47.5 Å². The summed E-state index contributed by atoms with van der Waals surface area (Å²) in [5, 5.41) is 3.35. The first-order valence-electron chi connectivity index (χ1n) is 9.89. The average Bonchev–Trinajstić information content (AvgIpc) is 3.26. The second-order valence-electron chi connectivity index (χ2n) is 7.21. The van der Waals surface area contributed by atoms with Crippen LogP contribution in [0.2, 0.25) is 5.02 Å². The van der Waals surface area contributed by atoms with Crippen molar-refractivity contribution >= 4 is 27.5 Å². The Kier molecular flexibility index (Phi) is 6.64. The van der Waals surface area contributed by atoms with E-state index >= 15 is 0 Å². The highest BCUT2D eigenvalue weighted by atomic mass is 35.5. The van der Waals surface area contributed by atoms with Gasteiger partial charge in [0.2, 0.25) is 22.7 Å². The second kappa shape index (κ2) is 9.60. The molecule has 0 radical (unpaired) electrons. The normalized spacial score (nSPS) is 13.5. The van der Waals surface area contributed by atoms with Gasteiger partial charge in [0.25, 0.3) is 0 Å². The average molecular weight is 473 g/mol. The molecule has 1 amide bonds. The molecule has 0 saturated heterocycles. The highest BCUT2D eigenvalue weighted by Crippen LogP contribution is 2.32. The van der Waals surface area contributed by atoms with Crippen molar-refractivity contribution in [2.45, 2.75) is 23.9 Å². The van der Waals surface area contributed by atoms with Crippen LogP contribution >= 0.6 is 11.6 Å². The van der Waals surface area contributed by atoms with Crippen molar-refractivity contribution < 1.29 is 22.7 Å². The number of hydrogen-bond acceptors (Lipinski definition) is 5. The summed E-state index contributed by atoms with van der Waals surface area (Å²) >= 11 is 5.97. The van der Waals surface area contributed by atoms with Crippen molar-refractivity contribution in [3.05, 3.63) is 88.9 Å². The minimum atomic E-state index is -3.83. The highest BCUT2D eigenvalue weighted by Gasteiger charge is 2.24. The van der Waals surface area contributed by atoms with Crippen molar-refractivity contribution in [1.29, 1.82) is 0 Å². The number of halogens is 1. The zero-order valence-corrected chi connectivity index (χ0v) is 18.5. The fraction of sp³-hybridized carbons (Fsp3) is 0.174. The van der Waals surface area contributed by atoms with E-state index in [1.165, 1.54) is 12.1 Å². The van der Waals surface area contributed by atoms with Crippen LogP contribution in [0.5, 0.6) is 11.5 Å². The number of amides is 1. The predicted molar refractivity (Wildman–Crippen MR) is 120 cm³/mol. The maximum absolute atomic E-state index is 12.9. The summed E-state index contributed by atoms with van der Waals surface area (Å²) < 4.78 is 39.0. The van der Waals surface area contributed by atoms with E-state index in [0.717, 1.165) is 5.56 Å². The van der Waals surface area contributed by atoms with Gasteiger partial charge in [-0.3, -0.25) is 4.79 Å². The molecule has 1 atom stereocenters. The van der Waals surface area contributed by atoms with Crippen molar-refractivity contribution in [1.82, 2.24) is 10.0 Å². The molecule has 0 saturated carbocycles. The molecule has 1 aliphatic heterocycles. The summed E-state index contributed by atoms with van der Waals surface area (Å²) in [6.45, 7) is 0.448. The Morgan fingerprint density at radius 1 is 0.969 bits per heavy atom. The van der Waals surface area contributed by atoms with Crippen LogP contribution in [0.4, 0.5) is 0 Å². The Hall–Kier alpha value is -3.07. The molecule has 0 aliphatic carbocycles. The lowest BCUT2D eigenvalue weighted by molar-refractivity contribution is -0.121. The van der Waals surface area contributed by atoms with E-state index in [-0.39, 0.29) is 30.6 Å². The highest BCUT2D eigenvalue weighted by molar-refractivity contribution is 7.89. The van der Waals surface area contributed by atoms with E-state index in [0.29, 0.717) is 22.1 Å². The molecule has 1 aliphatic rings. The third-order valence-electron chi connectivity index (χ3n) is 4.94. The van der Waals surface area contributed by atoms with Gasteiger partial charge in [0, 0.05) is 18.0 Å². The van der Waals surface area contributed by atoms with Gasteiger partial charge in [-0.15, -0.1) is 0 Å². The summed E-state index contributed by atoms with van der Waals surface area (Å²) in [5.74, 6) is 0.989. The molecule has 4 rings (SSSR count). The predicted octanol–water partition coefficient (Wildman–Crippen LogP) is 3.79. The number of hydrogen-bond donors (Lipinski definition) is 2. The van der Waals surface area contributed by atoms with Gasteiger partial charge in [-0.2, -0.15) is 0 Å². The molecule has 32 heavy (non-hydrogen) atoms. The Labute approximate surface area is 191 Å². The second-order valence-corrected chi connectivity index (χ2v) is 9.36. The van der Waals surface area contributed by atoms with Gasteiger partial charge in [-0.1, -0.05) is 48.0 Å². The molecule has 0 spiro atoms. The lowest BCUT2D eigenvalue weighted by atomic mass is 10.0. The van der Waals surface area contributed by atoms with Crippen LogP contribution in [0.3, 0.4) is 0 Å². The zero-order valence-electron chi connectivity index (χ0n) is 17.0. The first-order chi connectivity index (χ1) is 15.4. The van der Waals surface area contributed by atoms with E-state index < -0.39 is 16.1 Å². The monoisotopic (exact) mass is 472 g/mol. The summed E-state index contributed by atoms with van der Waals surface area (Å²) in [5.41, 5.74) is 1.47. The standard InChI is InChI=1S/C23H21ClN2O5S/c24-18-9-7-17(8-10-18)20(26-32(28,29)19-4-2-1-3-5-19)13-23(27)25-14-16-6-11-21-22(12-16)31-15-30-21/h1-12,20,26H,13-15H2,(H,25,27)/t20-/m0/s1. The van der Waals surface area contributed by atoms with Crippen molar-refractivity contribution in [2.75, 3.05) is 6.79 Å². The van der Waals surface area contributed by atoms with Crippen LogP contribution in [0.15, 0.2) is 77.7 Å². The third-order valence-corrected chi connectivity index (χ3v) is 6.68. The van der Waals surface area contributed by atoms with Gasteiger partial charge in [0.15, 0.2) is 11.5 Å². The summed E-state index contributed by atoms with van der Waals surface area (Å²) in [7, 11) is -3.83. The first-order valence-corrected chi connectivity index (χ1v) is 11.7. The largest absolute Gasteiger partial charge is 0.454 e. The minimum Gasteiger partial charge on any atom is -0.454 e. The maximum Gasteiger partial charge on any atom is 0.241 e. The number of carbonyl (C=O) groups excluding carboxylic acids is 1. The van der Waals surface area contributed by atoms with E-state index in [2.05, 4.69) is 10.0 Å². The Morgan fingerprint density at radius 2 is 1.69 bits per heavy atom. The summed E-state index contributed by atoms with van der Waals surface area (Å²) in [6.07, 6.45) is -0.0851. The zero-order chi connectivity index (χ0) is 22.6. The lowest BCUT2D eigenvalue weighted by Gasteiger charge is -2.19. The maximum atomic E-state index is 12.9. The fourth-order valence-corrected chi connectivity index (χ4v) is 4.66. The molecule has 7 nitrogen and oxygen atoms in total. The molecule has 3 aromatic rings. The SMILES string of the molecule is O=C(C[C@H](NS(=O)(=O)c1ccccc1)c1ccc(Cl)cc1)NCc1ccc2c(c1)OCO2. The molecule has 0 aromatic heterocycles. The molecule has 0 bridgehead atoms. The van der Waals surface area contributed by atoms with Crippen molar-refractivity contribution in [2.24, 2.45) is 0 Å². The molecule has 9 heteroatoms. The molecule has 2 N–H and O–H groups in total. The Bertz CT molecular complexity index is 1200. The number of ether oxygens (including phenoxy) is 2. The molecule has 0 fully saturated rings. The summed E-state index contributed by atoms with van der Waals surface area (Å²) in [4.78, 5) is 12.8. The van der Waals surface area contributed by atoms with Crippen LogP contribution in [-0.2, 0) is 21.4 Å². The molecule has 0 unspecified atom stereocenters. The number of fused-ring (bicyclic) bond motifs is 1. The van der Waals surface area contributed by atoms with Crippen LogP contribution in [0, 0.1) is 0 Å². The fourth-order valence-electron chi connectivity index (χ4n) is 3.29. The molecule has 3 aromatic carbocycles. The molecule has 1 heterocycles. The third kappa shape index (κ3) is 5.40. The van der Waals surface area contributed by atoms with Crippen molar-refractivity contribution in [3.8, 4) is 11.5 Å². The number of sulfonamides is 1.